The van der Waals surface area contributed by atoms with Crippen molar-refractivity contribution in [1.29, 1.82) is 0 Å². The summed E-state index contributed by atoms with van der Waals surface area (Å²) >= 11 is 0. The van der Waals surface area contributed by atoms with Gasteiger partial charge < -0.3 is 14.3 Å². The molecular formula is C22H17NO5. The number of pyridine rings is 1. The summed E-state index contributed by atoms with van der Waals surface area (Å²) in [6, 6.07) is 16.0. The molecule has 28 heavy (non-hydrogen) atoms. The Hall–Kier alpha value is -3.51. The van der Waals surface area contributed by atoms with Gasteiger partial charge in [-0.25, -0.2) is 9.78 Å². The Morgan fingerprint density at radius 2 is 1.86 bits per heavy atom. The fourth-order valence-electron chi connectivity index (χ4n) is 3.25. The van der Waals surface area contributed by atoms with Gasteiger partial charge >= 0.3 is 11.6 Å². The van der Waals surface area contributed by atoms with Crippen LogP contribution in [0.1, 0.15) is 12.5 Å². The van der Waals surface area contributed by atoms with E-state index in [9.17, 15) is 14.7 Å². The van der Waals surface area contributed by atoms with Crippen LogP contribution in [0.4, 0.5) is 0 Å². The molecule has 6 heteroatoms. The number of rotatable bonds is 4. The van der Waals surface area contributed by atoms with Crippen LogP contribution in [0.25, 0.3) is 33.1 Å². The number of aliphatic hydroxyl groups excluding tert-OH is 1. The van der Waals surface area contributed by atoms with Crippen LogP contribution in [0, 0.1) is 0 Å². The number of nitrogens with zero attached hydrogens (tertiary/aromatic N) is 1. The van der Waals surface area contributed by atoms with Gasteiger partial charge in [0.25, 0.3) is 0 Å². The number of aliphatic hydroxyl groups is 1. The summed E-state index contributed by atoms with van der Waals surface area (Å²) < 4.78 is 10.5. The zero-order valence-corrected chi connectivity index (χ0v) is 15.1. The molecule has 1 N–H and O–H groups in total. The van der Waals surface area contributed by atoms with Crippen LogP contribution >= 0.6 is 0 Å². The van der Waals surface area contributed by atoms with E-state index < -0.39 is 11.6 Å². The first kappa shape index (κ1) is 17.9. The van der Waals surface area contributed by atoms with Gasteiger partial charge in [0.2, 0.25) is 0 Å². The van der Waals surface area contributed by atoms with Crippen molar-refractivity contribution >= 4 is 27.8 Å². The number of carbonyl (C=O) groups is 1. The van der Waals surface area contributed by atoms with E-state index in [1.54, 1.807) is 36.4 Å². The number of aromatic nitrogens is 1. The van der Waals surface area contributed by atoms with Crippen molar-refractivity contribution in [2.24, 2.45) is 0 Å². The normalized spacial score (nSPS) is 11.1. The fraction of sp³-hybridized carbons (Fsp3) is 0.136. The number of carbonyl (C=O) groups excluding carboxylic acids is 1. The third-order valence-corrected chi connectivity index (χ3v) is 4.45. The molecule has 0 saturated heterocycles. The number of fused-ring (bicyclic) bond motifs is 3. The maximum atomic E-state index is 12.5. The number of ether oxygens (including phenoxy) is 1. The zero-order chi connectivity index (χ0) is 19.7. The summed E-state index contributed by atoms with van der Waals surface area (Å²) in [5, 5.41) is 11.0. The number of esters is 1. The second kappa shape index (κ2) is 7.25. The summed E-state index contributed by atoms with van der Waals surface area (Å²) in [6.07, 6.45) is 0.387. The molecule has 4 rings (SSSR count). The largest absolute Gasteiger partial charge is 0.427 e. The molecule has 0 fully saturated rings. The molecule has 2 heterocycles. The molecule has 0 aliphatic heterocycles. The Morgan fingerprint density at radius 1 is 1.11 bits per heavy atom. The van der Waals surface area contributed by atoms with Crippen molar-refractivity contribution in [2.45, 2.75) is 13.3 Å². The van der Waals surface area contributed by atoms with Crippen molar-refractivity contribution in [1.82, 2.24) is 4.98 Å². The van der Waals surface area contributed by atoms with E-state index in [4.69, 9.17) is 9.15 Å². The quantitative estimate of drug-likeness (QED) is 0.254. The van der Waals surface area contributed by atoms with Gasteiger partial charge in [-0.15, -0.1) is 0 Å². The molecule has 0 aliphatic carbocycles. The van der Waals surface area contributed by atoms with Gasteiger partial charge in [0.15, 0.2) is 5.52 Å². The molecule has 0 amide bonds. The van der Waals surface area contributed by atoms with Crippen LogP contribution < -0.4 is 10.4 Å². The average Bonchev–Trinajstić information content (AvgIpc) is 2.68. The van der Waals surface area contributed by atoms with Crippen LogP contribution in [0.15, 0.2) is 63.8 Å². The molecule has 0 radical (unpaired) electrons. The van der Waals surface area contributed by atoms with Gasteiger partial charge in [0.05, 0.1) is 5.69 Å². The standard InChI is InChI=1S/C22H17NO5/c1-13(25)27-16-8-6-14(7-9-16)20-15(10-11-24)12-18-17-4-2-3-5-19(17)28-22(26)21(18)23-20/h2-9,12,24H,10-11H2,1H3. The predicted molar refractivity (Wildman–Crippen MR) is 105 cm³/mol. The second-order valence-corrected chi connectivity index (χ2v) is 6.37. The summed E-state index contributed by atoms with van der Waals surface area (Å²) in [7, 11) is 0. The highest BCUT2D eigenvalue weighted by Crippen LogP contribution is 2.30. The number of hydrogen-bond donors (Lipinski definition) is 1. The monoisotopic (exact) mass is 375 g/mol. The number of benzene rings is 2. The molecule has 140 valence electrons. The molecule has 4 aromatic rings. The van der Waals surface area contributed by atoms with Crippen LogP contribution in [0.3, 0.4) is 0 Å². The SMILES string of the molecule is CC(=O)Oc1ccc(-c2nc3c(=O)oc4ccccc4c3cc2CCO)cc1. The lowest BCUT2D eigenvalue weighted by Gasteiger charge is -2.11. The van der Waals surface area contributed by atoms with Crippen molar-refractivity contribution in [3.05, 3.63) is 70.6 Å². The Balaban J connectivity index is 1.93. The predicted octanol–water partition coefficient (Wildman–Crippen LogP) is 3.47. The number of hydrogen-bond acceptors (Lipinski definition) is 6. The maximum absolute atomic E-state index is 12.5. The van der Waals surface area contributed by atoms with Gasteiger partial charge in [0.1, 0.15) is 11.3 Å². The van der Waals surface area contributed by atoms with Crippen molar-refractivity contribution < 1.29 is 19.1 Å². The van der Waals surface area contributed by atoms with Gasteiger partial charge in [-0.1, -0.05) is 18.2 Å². The lowest BCUT2D eigenvalue weighted by atomic mass is 10.00. The summed E-state index contributed by atoms with van der Waals surface area (Å²) in [5.74, 6) is 0.0216. The summed E-state index contributed by atoms with van der Waals surface area (Å²) in [6.45, 7) is 1.28. The summed E-state index contributed by atoms with van der Waals surface area (Å²) in [4.78, 5) is 28.2. The fourth-order valence-corrected chi connectivity index (χ4v) is 3.25. The molecule has 2 aromatic heterocycles. The molecule has 0 spiro atoms. The molecule has 2 aromatic carbocycles. The zero-order valence-electron chi connectivity index (χ0n) is 15.1. The molecule has 0 aliphatic rings. The third kappa shape index (κ3) is 3.25. The van der Waals surface area contributed by atoms with Crippen LogP contribution in [-0.4, -0.2) is 22.7 Å². The van der Waals surface area contributed by atoms with E-state index in [2.05, 4.69) is 4.98 Å². The second-order valence-electron chi connectivity index (χ2n) is 6.37. The topological polar surface area (TPSA) is 89.6 Å². The molecule has 0 unspecified atom stereocenters. The molecule has 0 atom stereocenters. The minimum absolute atomic E-state index is 0.0505. The highest BCUT2D eigenvalue weighted by Gasteiger charge is 2.15. The summed E-state index contributed by atoms with van der Waals surface area (Å²) in [5.41, 5.74) is 2.36. The molecule has 0 bridgehead atoms. The number of para-hydroxylation sites is 1. The van der Waals surface area contributed by atoms with Crippen molar-refractivity contribution in [3.8, 4) is 17.0 Å². The van der Waals surface area contributed by atoms with Crippen LogP contribution in [-0.2, 0) is 11.2 Å². The van der Waals surface area contributed by atoms with Gasteiger partial charge in [-0.05, 0) is 48.4 Å². The van der Waals surface area contributed by atoms with E-state index in [0.29, 0.717) is 28.8 Å². The first-order valence-electron chi connectivity index (χ1n) is 8.82. The Morgan fingerprint density at radius 3 is 2.57 bits per heavy atom. The minimum Gasteiger partial charge on any atom is -0.427 e. The Kier molecular flexibility index (Phi) is 4.63. The smallest absolute Gasteiger partial charge is 0.363 e. The molecule has 0 saturated carbocycles. The van der Waals surface area contributed by atoms with Gasteiger partial charge in [-0.2, -0.15) is 0 Å². The lowest BCUT2D eigenvalue weighted by molar-refractivity contribution is -0.131. The van der Waals surface area contributed by atoms with E-state index in [0.717, 1.165) is 16.5 Å². The van der Waals surface area contributed by atoms with E-state index in [1.165, 1.54) is 6.92 Å². The van der Waals surface area contributed by atoms with Gasteiger partial charge in [0, 0.05) is 29.9 Å². The highest BCUT2D eigenvalue weighted by molar-refractivity contribution is 6.03. The van der Waals surface area contributed by atoms with Crippen molar-refractivity contribution in [2.75, 3.05) is 6.61 Å². The molecule has 6 nitrogen and oxygen atoms in total. The van der Waals surface area contributed by atoms with Crippen molar-refractivity contribution in [3.63, 3.8) is 0 Å². The maximum Gasteiger partial charge on any atom is 0.363 e. The molecular weight excluding hydrogens is 358 g/mol. The Labute approximate surface area is 160 Å². The van der Waals surface area contributed by atoms with Crippen LogP contribution in [0.2, 0.25) is 0 Å². The lowest BCUT2D eigenvalue weighted by Crippen LogP contribution is -2.06. The highest BCUT2D eigenvalue weighted by atomic mass is 16.5. The van der Waals surface area contributed by atoms with E-state index in [-0.39, 0.29) is 12.1 Å². The first-order valence-corrected chi connectivity index (χ1v) is 8.82. The first-order chi connectivity index (χ1) is 13.6. The Bertz CT molecular complexity index is 1240. The average molecular weight is 375 g/mol. The van der Waals surface area contributed by atoms with Gasteiger partial charge in [-0.3, -0.25) is 4.79 Å². The van der Waals surface area contributed by atoms with Crippen LogP contribution in [0.5, 0.6) is 5.75 Å². The minimum atomic E-state index is -0.512. The van der Waals surface area contributed by atoms with E-state index in [1.807, 2.05) is 18.2 Å². The van der Waals surface area contributed by atoms with E-state index >= 15 is 0 Å². The third-order valence-electron chi connectivity index (χ3n) is 4.45.